The predicted molar refractivity (Wildman–Crippen MR) is 95.9 cm³/mol. The first kappa shape index (κ1) is 20.0. The zero-order chi connectivity index (χ0) is 18.8. The average Bonchev–Trinajstić information content (AvgIpc) is 2.47. The number of carbonyl (C=O) groups is 2. The molecule has 2 aliphatic rings. The van der Waals surface area contributed by atoms with Crippen LogP contribution in [0.15, 0.2) is 0 Å². The molecule has 0 saturated heterocycles. The highest BCUT2D eigenvalue weighted by Crippen LogP contribution is 2.48. The van der Waals surface area contributed by atoms with E-state index in [2.05, 4.69) is 12.2 Å². The smallest absolute Gasteiger partial charge is 0.408 e. The molecule has 25 heavy (non-hydrogen) atoms. The summed E-state index contributed by atoms with van der Waals surface area (Å²) in [5, 5.41) is 2.70. The summed E-state index contributed by atoms with van der Waals surface area (Å²) in [6, 6.07) is -0.693. The van der Waals surface area contributed by atoms with Gasteiger partial charge in [0.25, 0.3) is 0 Å². The van der Waals surface area contributed by atoms with Crippen LogP contribution < -0.4 is 11.1 Å². The first-order valence-electron chi connectivity index (χ1n) is 9.46. The van der Waals surface area contributed by atoms with Crippen molar-refractivity contribution in [2.45, 2.75) is 83.4 Å². The largest absolute Gasteiger partial charge is 0.467 e. The molecule has 3 N–H and O–H groups in total. The highest BCUT2D eigenvalue weighted by molar-refractivity contribution is 5.81. The molecule has 2 bridgehead atoms. The van der Waals surface area contributed by atoms with Crippen molar-refractivity contribution in [1.29, 1.82) is 0 Å². The first-order chi connectivity index (χ1) is 11.6. The van der Waals surface area contributed by atoms with Gasteiger partial charge in [0.15, 0.2) is 0 Å². The van der Waals surface area contributed by atoms with E-state index >= 15 is 0 Å². The molecule has 0 aromatic carbocycles. The lowest BCUT2D eigenvalue weighted by Gasteiger charge is -2.52. The third-order valence-corrected chi connectivity index (χ3v) is 5.91. The van der Waals surface area contributed by atoms with Crippen molar-refractivity contribution in [3.05, 3.63) is 0 Å². The van der Waals surface area contributed by atoms with Crippen LogP contribution >= 0.6 is 0 Å². The minimum absolute atomic E-state index is 0.0276. The number of hydrogen-bond donors (Lipinski definition) is 2. The predicted octanol–water partition coefficient (Wildman–Crippen LogP) is 2.99. The van der Waals surface area contributed by atoms with Gasteiger partial charge in [-0.05, 0) is 50.4 Å². The molecule has 0 aromatic rings. The number of ether oxygens (including phenoxy) is 2. The molecule has 2 fully saturated rings. The fourth-order valence-corrected chi connectivity index (χ4v) is 5.07. The van der Waals surface area contributed by atoms with Crippen LogP contribution in [0.3, 0.4) is 0 Å². The molecular formula is C19H34N2O4. The molecule has 144 valence electrons. The van der Waals surface area contributed by atoms with Crippen molar-refractivity contribution in [2.24, 2.45) is 23.5 Å². The van der Waals surface area contributed by atoms with Crippen LogP contribution in [0.2, 0.25) is 0 Å². The van der Waals surface area contributed by atoms with Gasteiger partial charge in [-0.3, -0.25) is 0 Å². The second-order valence-electron chi connectivity index (χ2n) is 8.73. The maximum atomic E-state index is 12.5. The molecule has 2 aliphatic carbocycles. The molecule has 2 rings (SSSR count). The molecule has 0 aromatic heterocycles. The Balaban J connectivity index is 2.02. The Morgan fingerprint density at radius 2 is 2.00 bits per heavy atom. The molecule has 1 amide bonds. The number of amides is 1. The van der Waals surface area contributed by atoms with Gasteiger partial charge in [-0.2, -0.15) is 0 Å². The van der Waals surface area contributed by atoms with Gasteiger partial charge < -0.3 is 20.5 Å². The zero-order valence-electron chi connectivity index (χ0n) is 16.3. The van der Waals surface area contributed by atoms with Crippen molar-refractivity contribution in [3.8, 4) is 0 Å². The number of nitrogens with one attached hydrogen (secondary N) is 1. The minimum atomic E-state index is -0.693. The lowest BCUT2D eigenvalue weighted by Crippen LogP contribution is -2.58. The lowest BCUT2D eigenvalue weighted by atomic mass is 9.60. The van der Waals surface area contributed by atoms with E-state index in [0.717, 1.165) is 32.1 Å². The van der Waals surface area contributed by atoms with Gasteiger partial charge in [0.2, 0.25) is 0 Å². The number of esters is 1. The molecule has 0 heterocycles. The molecule has 6 heteroatoms. The van der Waals surface area contributed by atoms with Crippen LogP contribution in [0.5, 0.6) is 0 Å². The van der Waals surface area contributed by atoms with Crippen LogP contribution in [-0.2, 0) is 14.3 Å². The summed E-state index contributed by atoms with van der Waals surface area (Å²) in [5.74, 6) is 0.642. The van der Waals surface area contributed by atoms with Crippen LogP contribution in [0.25, 0.3) is 0 Å². The van der Waals surface area contributed by atoms with Gasteiger partial charge in [-0.1, -0.05) is 27.2 Å². The summed E-state index contributed by atoms with van der Waals surface area (Å²) in [7, 11) is 1.33. The second kappa shape index (κ2) is 7.52. The molecule has 0 radical (unpaired) electrons. The third-order valence-electron chi connectivity index (χ3n) is 5.91. The van der Waals surface area contributed by atoms with Gasteiger partial charge in [0.1, 0.15) is 11.6 Å². The Morgan fingerprint density at radius 3 is 2.56 bits per heavy atom. The van der Waals surface area contributed by atoms with Crippen LogP contribution in [0, 0.1) is 17.8 Å². The number of alkyl carbamates (subject to hydrolysis) is 1. The second-order valence-corrected chi connectivity index (χ2v) is 8.73. The number of hydrogen-bond acceptors (Lipinski definition) is 5. The standard InChI is InChI=1S/C19H34N2O4/c1-6-13(3)15(16(22)24-5)21-17(23)25-18(4)9-14-7-12(2)8-19(20,10-14)11-18/h12-15H,6-11,20H2,1-5H3,(H,21,23). The molecule has 6 unspecified atom stereocenters. The minimum Gasteiger partial charge on any atom is -0.467 e. The summed E-state index contributed by atoms with van der Waals surface area (Å²) in [5.41, 5.74) is 5.76. The van der Waals surface area contributed by atoms with Gasteiger partial charge in [-0.15, -0.1) is 0 Å². The molecule has 2 saturated carbocycles. The first-order valence-corrected chi connectivity index (χ1v) is 9.46. The number of fused-ring (bicyclic) bond motifs is 2. The normalized spacial score (nSPS) is 36.9. The van der Waals surface area contributed by atoms with Crippen molar-refractivity contribution >= 4 is 12.1 Å². The van der Waals surface area contributed by atoms with Crippen molar-refractivity contribution in [2.75, 3.05) is 7.11 Å². The molecular weight excluding hydrogens is 320 g/mol. The molecule has 6 nitrogen and oxygen atoms in total. The van der Waals surface area contributed by atoms with Gasteiger partial charge >= 0.3 is 12.1 Å². The number of carbonyl (C=O) groups excluding carboxylic acids is 2. The van der Waals surface area contributed by atoms with E-state index in [9.17, 15) is 9.59 Å². The molecule has 0 aliphatic heterocycles. The van der Waals surface area contributed by atoms with E-state index in [1.807, 2.05) is 20.8 Å². The Labute approximate surface area is 151 Å². The van der Waals surface area contributed by atoms with E-state index in [1.54, 1.807) is 0 Å². The topological polar surface area (TPSA) is 90.6 Å². The number of methoxy groups -OCH3 is 1. The Bertz CT molecular complexity index is 508. The summed E-state index contributed by atoms with van der Waals surface area (Å²) in [6.45, 7) is 8.09. The number of nitrogens with two attached hydrogens (primary N) is 1. The zero-order valence-corrected chi connectivity index (χ0v) is 16.3. The van der Waals surface area contributed by atoms with E-state index in [-0.39, 0.29) is 11.5 Å². The monoisotopic (exact) mass is 354 g/mol. The van der Waals surface area contributed by atoms with Crippen LogP contribution in [0.1, 0.15) is 66.2 Å². The summed E-state index contributed by atoms with van der Waals surface area (Å²) in [6.07, 6.45) is 4.81. The quantitative estimate of drug-likeness (QED) is 0.741. The SMILES string of the molecule is CCC(C)C(NC(=O)OC1(C)CC2CC(C)CC(N)(C2)C1)C(=O)OC. The Morgan fingerprint density at radius 1 is 1.32 bits per heavy atom. The summed E-state index contributed by atoms with van der Waals surface area (Å²) >= 11 is 0. The molecule has 6 atom stereocenters. The van der Waals surface area contributed by atoms with E-state index in [4.69, 9.17) is 15.2 Å². The Kier molecular flexibility index (Phi) is 6.02. The summed E-state index contributed by atoms with van der Waals surface area (Å²) < 4.78 is 10.6. The third kappa shape index (κ3) is 4.87. The lowest BCUT2D eigenvalue weighted by molar-refractivity contribution is -0.144. The summed E-state index contributed by atoms with van der Waals surface area (Å²) in [4.78, 5) is 24.4. The van der Waals surface area contributed by atoms with Crippen molar-refractivity contribution < 1.29 is 19.1 Å². The van der Waals surface area contributed by atoms with Gasteiger partial charge in [-0.25, -0.2) is 9.59 Å². The van der Waals surface area contributed by atoms with E-state index < -0.39 is 23.7 Å². The van der Waals surface area contributed by atoms with Crippen molar-refractivity contribution in [1.82, 2.24) is 5.32 Å². The van der Waals surface area contributed by atoms with E-state index in [0.29, 0.717) is 18.3 Å². The Hall–Kier alpha value is -1.30. The fraction of sp³-hybridized carbons (Fsp3) is 0.895. The van der Waals surface area contributed by atoms with Crippen LogP contribution in [0.4, 0.5) is 4.79 Å². The van der Waals surface area contributed by atoms with Gasteiger partial charge in [0.05, 0.1) is 7.11 Å². The van der Waals surface area contributed by atoms with Crippen molar-refractivity contribution in [3.63, 3.8) is 0 Å². The van der Waals surface area contributed by atoms with Gasteiger partial charge in [0, 0.05) is 12.0 Å². The highest BCUT2D eigenvalue weighted by atomic mass is 16.6. The van der Waals surface area contributed by atoms with Crippen LogP contribution in [-0.4, -0.2) is 36.4 Å². The highest BCUT2D eigenvalue weighted by Gasteiger charge is 2.49. The number of rotatable bonds is 5. The fourth-order valence-electron chi connectivity index (χ4n) is 5.07. The maximum absolute atomic E-state index is 12.5. The molecule has 0 spiro atoms. The van der Waals surface area contributed by atoms with E-state index in [1.165, 1.54) is 7.11 Å². The maximum Gasteiger partial charge on any atom is 0.408 e. The average molecular weight is 354 g/mol.